The van der Waals surface area contributed by atoms with E-state index in [9.17, 15) is 9.18 Å². The van der Waals surface area contributed by atoms with E-state index in [4.69, 9.17) is 0 Å². The molecule has 29 heavy (non-hydrogen) atoms. The molecule has 0 spiro atoms. The van der Waals surface area contributed by atoms with Crippen LogP contribution in [0.3, 0.4) is 0 Å². The molecule has 0 saturated heterocycles. The van der Waals surface area contributed by atoms with Crippen molar-refractivity contribution >= 4 is 27.4 Å². The van der Waals surface area contributed by atoms with Crippen LogP contribution in [-0.4, -0.2) is 41.5 Å². The Morgan fingerprint density at radius 3 is 2.86 bits per heavy atom. The Morgan fingerprint density at radius 1 is 1.21 bits per heavy atom. The fourth-order valence-electron chi connectivity index (χ4n) is 3.65. The van der Waals surface area contributed by atoms with Crippen LogP contribution in [0.5, 0.6) is 0 Å². The topological polar surface area (TPSA) is 68.3 Å². The molecule has 1 atom stereocenters. The van der Waals surface area contributed by atoms with Gasteiger partial charge < -0.3 is 9.47 Å². The summed E-state index contributed by atoms with van der Waals surface area (Å²) in [6.07, 6.45) is 5.21. The van der Waals surface area contributed by atoms with Gasteiger partial charge in [0.1, 0.15) is 5.82 Å². The molecule has 146 valence electrons. The smallest absolute Gasteiger partial charge is 0.275 e. The first kappa shape index (κ1) is 18.0. The fraction of sp³-hybridized carbons (Fsp3) is 0.200. The molecule has 7 nitrogen and oxygen atoms in total. The number of carbonyl (C=O) groups excluding carboxylic acids is 1. The molecule has 4 aromatic rings. The summed E-state index contributed by atoms with van der Waals surface area (Å²) in [6, 6.07) is 8.36. The van der Waals surface area contributed by atoms with Gasteiger partial charge in [-0.15, -0.1) is 0 Å². The highest BCUT2D eigenvalue weighted by atomic mass is 79.9. The van der Waals surface area contributed by atoms with Crippen LogP contribution < -0.4 is 0 Å². The maximum Gasteiger partial charge on any atom is 0.275 e. The zero-order chi connectivity index (χ0) is 20.1. The second kappa shape index (κ2) is 6.77. The van der Waals surface area contributed by atoms with Crippen LogP contribution in [0.4, 0.5) is 4.39 Å². The number of aromatic nitrogens is 5. The summed E-state index contributed by atoms with van der Waals surface area (Å²) in [5, 5.41) is 4.42. The Labute approximate surface area is 173 Å². The summed E-state index contributed by atoms with van der Waals surface area (Å²) in [5.41, 5.74) is 2.71. The Kier molecular flexibility index (Phi) is 4.20. The van der Waals surface area contributed by atoms with Crippen LogP contribution in [-0.2, 0) is 6.54 Å². The predicted octanol–water partition coefficient (Wildman–Crippen LogP) is 3.71. The second-order valence-corrected chi connectivity index (χ2v) is 7.88. The highest BCUT2D eigenvalue weighted by Gasteiger charge is 2.31. The van der Waals surface area contributed by atoms with Gasteiger partial charge in [-0.1, -0.05) is 0 Å². The zero-order valence-corrected chi connectivity index (χ0v) is 17.0. The molecule has 0 aromatic carbocycles. The number of rotatable bonds is 2. The van der Waals surface area contributed by atoms with Gasteiger partial charge in [0.2, 0.25) is 5.95 Å². The van der Waals surface area contributed by atoms with E-state index in [2.05, 4.69) is 31.0 Å². The van der Waals surface area contributed by atoms with E-state index in [-0.39, 0.29) is 11.9 Å². The number of nitrogens with zero attached hydrogens (tertiary/aromatic N) is 6. The van der Waals surface area contributed by atoms with Gasteiger partial charge >= 0.3 is 0 Å². The molecule has 9 heteroatoms. The molecule has 5 rings (SSSR count). The van der Waals surface area contributed by atoms with Crippen molar-refractivity contribution in [2.45, 2.75) is 19.5 Å². The van der Waals surface area contributed by atoms with Gasteiger partial charge in [0.25, 0.3) is 5.91 Å². The third-order valence-electron chi connectivity index (χ3n) is 5.16. The average Bonchev–Trinajstić information content (AvgIpc) is 3.32. The number of amides is 1. The van der Waals surface area contributed by atoms with Gasteiger partial charge in [-0.25, -0.2) is 14.5 Å². The molecular weight excluding hydrogens is 439 g/mol. The standard InChI is InChI=1S/C20H16BrFN6O/c1-12-19-24-17(13-2-5-18(22)23-9-13)11-26(19)6-7-27(12)20(29)16-8-15-4-3-14(21)10-28(15)25-16/h2-5,8-12H,6-7H2,1H3. The quantitative estimate of drug-likeness (QED) is 0.433. The monoisotopic (exact) mass is 454 g/mol. The summed E-state index contributed by atoms with van der Waals surface area (Å²) in [5.74, 6) is 0.134. The molecular formula is C20H16BrFN6O. The van der Waals surface area contributed by atoms with Crippen molar-refractivity contribution in [1.82, 2.24) is 29.0 Å². The van der Waals surface area contributed by atoms with Crippen LogP contribution in [0.15, 0.2) is 53.4 Å². The number of halogens is 2. The lowest BCUT2D eigenvalue weighted by atomic mass is 10.2. The van der Waals surface area contributed by atoms with E-state index in [1.165, 1.54) is 12.3 Å². The summed E-state index contributed by atoms with van der Waals surface area (Å²) in [4.78, 5) is 23.3. The van der Waals surface area contributed by atoms with E-state index in [1.54, 1.807) is 21.5 Å². The molecule has 1 unspecified atom stereocenters. The number of hydrogen-bond acceptors (Lipinski definition) is 4. The third kappa shape index (κ3) is 3.11. The lowest BCUT2D eigenvalue weighted by molar-refractivity contribution is 0.0631. The lowest BCUT2D eigenvalue weighted by Crippen LogP contribution is -2.41. The Balaban J connectivity index is 1.44. The van der Waals surface area contributed by atoms with Gasteiger partial charge in [0.05, 0.1) is 17.3 Å². The zero-order valence-electron chi connectivity index (χ0n) is 15.5. The molecule has 5 heterocycles. The van der Waals surface area contributed by atoms with Crippen LogP contribution in [0.2, 0.25) is 0 Å². The minimum absolute atomic E-state index is 0.128. The molecule has 1 amide bonds. The van der Waals surface area contributed by atoms with Crippen LogP contribution in [0, 0.1) is 5.95 Å². The van der Waals surface area contributed by atoms with E-state index in [1.807, 2.05) is 36.0 Å². The van der Waals surface area contributed by atoms with Gasteiger partial charge in [0.15, 0.2) is 5.69 Å². The van der Waals surface area contributed by atoms with Crippen LogP contribution in [0.1, 0.15) is 29.3 Å². The van der Waals surface area contributed by atoms with Gasteiger partial charge in [-0.2, -0.15) is 9.49 Å². The minimum Gasteiger partial charge on any atom is -0.331 e. The van der Waals surface area contributed by atoms with E-state index in [0.717, 1.165) is 21.4 Å². The van der Waals surface area contributed by atoms with Crippen molar-refractivity contribution in [3.8, 4) is 11.3 Å². The number of hydrogen-bond donors (Lipinski definition) is 0. The number of pyridine rings is 2. The number of fused-ring (bicyclic) bond motifs is 2. The maximum atomic E-state index is 13.1. The molecule has 1 aliphatic heterocycles. The summed E-state index contributed by atoms with van der Waals surface area (Å²) < 4.78 is 17.7. The van der Waals surface area contributed by atoms with Crippen molar-refractivity contribution in [2.75, 3.05) is 6.54 Å². The number of imidazole rings is 1. The van der Waals surface area contributed by atoms with E-state index < -0.39 is 5.95 Å². The van der Waals surface area contributed by atoms with Gasteiger partial charge in [-0.3, -0.25) is 4.79 Å². The van der Waals surface area contributed by atoms with E-state index >= 15 is 0 Å². The third-order valence-corrected chi connectivity index (χ3v) is 5.63. The normalized spacial score (nSPS) is 16.2. The molecule has 1 aliphatic rings. The lowest BCUT2D eigenvalue weighted by Gasteiger charge is -2.33. The highest BCUT2D eigenvalue weighted by Crippen LogP contribution is 2.29. The molecule has 0 saturated carbocycles. The van der Waals surface area contributed by atoms with Crippen molar-refractivity contribution in [1.29, 1.82) is 0 Å². The molecule has 0 aliphatic carbocycles. The van der Waals surface area contributed by atoms with Crippen molar-refractivity contribution in [3.05, 3.63) is 70.9 Å². The molecule has 0 radical (unpaired) electrons. The van der Waals surface area contributed by atoms with Crippen molar-refractivity contribution < 1.29 is 9.18 Å². The summed E-state index contributed by atoms with van der Waals surface area (Å²) in [7, 11) is 0. The second-order valence-electron chi connectivity index (χ2n) is 6.97. The first-order valence-electron chi connectivity index (χ1n) is 9.14. The Morgan fingerprint density at radius 2 is 2.07 bits per heavy atom. The molecule has 0 fully saturated rings. The molecule has 0 bridgehead atoms. The SMILES string of the molecule is CC1c2nc(-c3ccc(F)nc3)cn2CCN1C(=O)c1cc2ccc(Br)cn2n1. The molecule has 4 aromatic heterocycles. The summed E-state index contributed by atoms with van der Waals surface area (Å²) >= 11 is 3.42. The van der Waals surface area contributed by atoms with Gasteiger partial charge in [0, 0.05) is 41.7 Å². The maximum absolute atomic E-state index is 13.1. The fourth-order valence-corrected chi connectivity index (χ4v) is 3.97. The average molecular weight is 455 g/mol. The summed E-state index contributed by atoms with van der Waals surface area (Å²) in [6.45, 7) is 3.14. The van der Waals surface area contributed by atoms with E-state index in [0.29, 0.717) is 24.5 Å². The first-order valence-corrected chi connectivity index (χ1v) is 9.94. The Hall–Kier alpha value is -3.07. The highest BCUT2D eigenvalue weighted by molar-refractivity contribution is 9.10. The number of carbonyl (C=O) groups is 1. The van der Waals surface area contributed by atoms with Crippen LogP contribution >= 0.6 is 15.9 Å². The largest absolute Gasteiger partial charge is 0.331 e. The minimum atomic E-state index is -0.526. The van der Waals surface area contributed by atoms with Gasteiger partial charge in [-0.05, 0) is 53.2 Å². The first-order chi connectivity index (χ1) is 14.0. The van der Waals surface area contributed by atoms with Crippen LogP contribution in [0.25, 0.3) is 16.8 Å². The predicted molar refractivity (Wildman–Crippen MR) is 108 cm³/mol. The Bertz CT molecular complexity index is 1230. The molecule has 0 N–H and O–H groups in total. The van der Waals surface area contributed by atoms with Crippen molar-refractivity contribution in [2.24, 2.45) is 0 Å². The van der Waals surface area contributed by atoms with Crippen molar-refractivity contribution in [3.63, 3.8) is 0 Å².